The van der Waals surface area contributed by atoms with Gasteiger partial charge in [0, 0.05) is 12.1 Å². The van der Waals surface area contributed by atoms with Crippen LogP contribution in [0.5, 0.6) is 0 Å². The fourth-order valence-electron chi connectivity index (χ4n) is 2.84. The molecule has 2 atom stereocenters. The zero-order valence-electron chi connectivity index (χ0n) is 10.3. The number of piperidine rings is 2. The van der Waals surface area contributed by atoms with E-state index in [2.05, 4.69) is 23.9 Å². The Bertz CT molecular complexity index is 140. The molecule has 14 heavy (non-hydrogen) atoms. The van der Waals surface area contributed by atoms with Gasteiger partial charge in [-0.1, -0.05) is 13.8 Å². The van der Waals surface area contributed by atoms with E-state index in [4.69, 9.17) is 0 Å². The van der Waals surface area contributed by atoms with Crippen molar-refractivity contribution >= 4 is 0 Å². The minimum Gasteiger partial charge on any atom is -0.302 e. The van der Waals surface area contributed by atoms with E-state index in [0.717, 1.165) is 12.1 Å². The molecule has 2 unspecified atom stereocenters. The topological polar surface area (TPSA) is 6.48 Å². The fourth-order valence-corrected chi connectivity index (χ4v) is 2.84. The molecular weight excluding hydrogens is 172 g/mol. The van der Waals surface area contributed by atoms with Gasteiger partial charge in [-0.05, 0) is 52.9 Å². The van der Waals surface area contributed by atoms with Gasteiger partial charge in [0.25, 0.3) is 0 Å². The molecule has 0 aromatic carbocycles. The minimum absolute atomic E-state index is 0.859. The Kier molecular flexibility index (Phi) is 4.90. The Labute approximate surface area is 89.3 Å². The molecule has 0 amide bonds. The lowest BCUT2D eigenvalue weighted by Crippen LogP contribution is -2.55. The van der Waals surface area contributed by atoms with Crippen LogP contribution in [0.3, 0.4) is 0 Å². The highest BCUT2D eigenvalue weighted by molar-refractivity contribution is 4.91. The number of hydrogen-bond donors (Lipinski definition) is 0. The predicted octanol–water partition coefficient (Wildman–Crippen LogP) is 2.20. The second kappa shape index (κ2) is 5.72. The van der Waals surface area contributed by atoms with E-state index in [1.807, 2.05) is 13.8 Å². The van der Waals surface area contributed by atoms with Crippen LogP contribution in [0.2, 0.25) is 0 Å². The lowest BCUT2D eigenvalue weighted by molar-refractivity contribution is 0.0352. The summed E-state index contributed by atoms with van der Waals surface area (Å²) in [6.45, 7) is 6.63. The van der Waals surface area contributed by atoms with Crippen molar-refractivity contribution in [2.24, 2.45) is 0 Å². The Morgan fingerprint density at radius 2 is 1.14 bits per heavy atom. The summed E-state index contributed by atoms with van der Waals surface area (Å²) in [6, 6.07) is 1.72. The normalized spacial score (nSPS) is 34.3. The highest BCUT2D eigenvalue weighted by atomic mass is 15.2. The third-order valence-corrected chi connectivity index (χ3v) is 3.60. The maximum Gasteiger partial charge on any atom is 0.0248 e. The first-order chi connectivity index (χ1) is 6.79. The Balaban J connectivity index is 0.000000461. The quantitative estimate of drug-likeness (QED) is 0.589. The van der Waals surface area contributed by atoms with Crippen LogP contribution in [0.4, 0.5) is 0 Å². The summed E-state index contributed by atoms with van der Waals surface area (Å²) in [5, 5.41) is 0. The van der Waals surface area contributed by atoms with Crippen LogP contribution in [-0.4, -0.2) is 49.1 Å². The van der Waals surface area contributed by atoms with Gasteiger partial charge in [0.2, 0.25) is 0 Å². The van der Waals surface area contributed by atoms with E-state index in [1.165, 1.54) is 38.8 Å². The molecule has 2 fully saturated rings. The number of likely N-dealkylation sites (N-methyl/N-ethyl adjacent to an activating group) is 2. The summed E-state index contributed by atoms with van der Waals surface area (Å²) >= 11 is 0. The van der Waals surface area contributed by atoms with E-state index < -0.39 is 0 Å². The second-order valence-corrected chi connectivity index (χ2v) is 4.38. The molecule has 0 saturated carbocycles. The van der Waals surface area contributed by atoms with Gasteiger partial charge in [0.1, 0.15) is 0 Å². The average molecular weight is 198 g/mol. The molecule has 0 radical (unpaired) electrons. The van der Waals surface area contributed by atoms with Gasteiger partial charge < -0.3 is 9.80 Å². The van der Waals surface area contributed by atoms with Gasteiger partial charge >= 0.3 is 0 Å². The van der Waals surface area contributed by atoms with E-state index in [-0.39, 0.29) is 0 Å². The van der Waals surface area contributed by atoms with Crippen molar-refractivity contribution in [3.63, 3.8) is 0 Å². The Hall–Kier alpha value is -0.0800. The first-order valence-electron chi connectivity index (χ1n) is 6.19. The van der Waals surface area contributed by atoms with E-state index in [0.29, 0.717) is 0 Å². The summed E-state index contributed by atoms with van der Waals surface area (Å²) in [4.78, 5) is 5.12. The Morgan fingerprint density at radius 1 is 0.786 bits per heavy atom. The first kappa shape index (κ1) is 12.0. The standard InChI is InChI=1S/C10H20N2.C2H6/c1-11-7-3-6-10-9(11)5-4-8-12(10)2;1-2/h9-10H,3-8H2,1-2H3;1-2H3. The Morgan fingerprint density at radius 3 is 1.50 bits per heavy atom. The summed E-state index contributed by atoms with van der Waals surface area (Å²) in [5.41, 5.74) is 0. The van der Waals surface area contributed by atoms with Crippen molar-refractivity contribution < 1.29 is 0 Å². The summed E-state index contributed by atoms with van der Waals surface area (Å²) in [6.07, 6.45) is 5.63. The van der Waals surface area contributed by atoms with Crippen LogP contribution >= 0.6 is 0 Å². The monoisotopic (exact) mass is 198 g/mol. The third kappa shape index (κ3) is 2.48. The minimum atomic E-state index is 0.859. The number of rotatable bonds is 0. The predicted molar refractivity (Wildman–Crippen MR) is 62.7 cm³/mol. The van der Waals surface area contributed by atoms with Gasteiger partial charge in [-0.25, -0.2) is 0 Å². The zero-order chi connectivity index (χ0) is 10.6. The molecule has 2 heterocycles. The molecule has 0 aliphatic carbocycles. The molecular formula is C12H26N2. The SMILES string of the molecule is CC.CN1CCCC2C1CCCN2C. The molecule has 0 N–H and O–H groups in total. The zero-order valence-corrected chi connectivity index (χ0v) is 10.3. The summed E-state index contributed by atoms with van der Waals surface area (Å²) < 4.78 is 0. The molecule has 0 aromatic rings. The molecule has 2 aliphatic rings. The van der Waals surface area contributed by atoms with Crippen molar-refractivity contribution in [1.29, 1.82) is 0 Å². The molecule has 2 aliphatic heterocycles. The highest BCUT2D eigenvalue weighted by Gasteiger charge is 2.33. The molecule has 2 nitrogen and oxygen atoms in total. The van der Waals surface area contributed by atoms with Gasteiger partial charge in [0.05, 0.1) is 0 Å². The highest BCUT2D eigenvalue weighted by Crippen LogP contribution is 2.27. The van der Waals surface area contributed by atoms with Crippen molar-refractivity contribution in [3.8, 4) is 0 Å². The van der Waals surface area contributed by atoms with E-state index >= 15 is 0 Å². The van der Waals surface area contributed by atoms with Gasteiger partial charge in [-0.2, -0.15) is 0 Å². The average Bonchev–Trinajstić information content (AvgIpc) is 2.23. The number of likely N-dealkylation sites (tertiary alicyclic amines) is 2. The van der Waals surface area contributed by atoms with Crippen LogP contribution < -0.4 is 0 Å². The van der Waals surface area contributed by atoms with Crippen LogP contribution in [0.1, 0.15) is 39.5 Å². The molecule has 0 aromatic heterocycles. The van der Waals surface area contributed by atoms with Crippen LogP contribution in [0.25, 0.3) is 0 Å². The van der Waals surface area contributed by atoms with E-state index in [1.54, 1.807) is 0 Å². The second-order valence-electron chi connectivity index (χ2n) is 4.38. The van der Waals surface area contributed by atoms with Crippen molar-refractivity contribution in [2.75, 3.05) is 27.2 Å². The number of nitrogens with zero attached hydrogens (tertiary/aromatic N) is 2. The van der Waals surface area contributed by atoms with Crippen LogP contribution in [0.15, 0.2) is 0 Å². The number of hydrogen-bond acceptors (Lipinski definition) is 2. The maximum atomic E-state index is 2.56. The first-order valence-corrected chi connectivity index (χ1v) is 6.19. The fraction of sp³-hybridized carbons (Fsp3) is 1.00. The van der Waals surface area contributed by atoms with Gasteiger partial charge in [-0.15, -0.1) is 0 Å². The van der Waals surface area contributed by atoms with Crippen molar-refractivity contribution in [2.45, 2.75) is 51.6 Å². The van der Waals surface area contributed by atoms with Crippen LogP contribution in [0, 0.1) is 0 Å². The van der Waals surface area contributed by atoms with Gasteiger partial charge in [-0.3, -0.25) is 0 Å². The molecule has 2 rings (SSSR count). The third-order valence-electron chi connectivity index (χ3n) is 3.60. The lowest BCUT2D eigenvalue weighted by atomic mass is 9.89. The molecule has 0 bridgehead atoms. The number of fused-ring (bicyclic) bond motifs is 1. The lowest BCUT2D eigenvalue weighted by Gasteiger charge is -2.47. The maximum absolute atomic E-state index is 2.56. The molecule has 0 spiro atoms. The van der Waals surface area contributed by atoms with E-state index in [9.17, 15) is 0 Å². The summed E-state index contributed by atoms with van der Waals surface area (Å²) in [5.74, 6) is 0. The summed E-state index contributed by atoms with van der Waals surface area (Å²) in [7, 11) is 4.58. The van der Waals surface area contributed by atoms with Crippen molar-refractivity contribution in [3.05, 3.63) is 0 Å². The smallest absolute Gasteiger partial charge is 0.0248 e. The van der Waals surface area contributed by atoms with Crippen LogP contribution in [-0.2, 0) is 0 Å². The molecule has 2 saturated heterocycles. The van der Waals surface area contributed by atoms with Gasteiger partial charge in [0.15, 0.2) is 0 Å². The molecule has 84 valence electrons. The molecule has 2 heteroatoms. The van der Waals surface area contributed by atoms with Crippen molar-refractivity contribution in [1.82, 2.24) is 9.80 Å². The largest absolute Gasteiger partial charge is 0.302 e.